The van der Waals surface area contributed by atoms with Crippen LogP contribution in [0.4, 0.5) is 0 Å². The molecule has 2 aliphatic heterocycles. The number of allylic oxidation sites excluding steroid dienone is 1. The summed E-state index contributed by atoms with van der Waals surface area (Å²) in [4.78, 5) is 3.90. The highest BCUT2D eigenvalue weighted by Crippen LogP contribution is 2.46. The quantitative estimate of drug-likeness (QED) is 0.668. The smallest absolute Gasteiger partial charge is 0.106 e. The normalized spacial score (nSPS) is 26.3. The van der Waals surface area contributed by atoms with Gasteiger partial charge in [-0.2, -0.15) is 0 Å². The van der Waals surface area contributed by atoms with E-state index in [2.05, 4.69) is 36.8 Å². The van der Waals surface area contributed by atoms with Crippen LogP contribution in [0.3, 0.4) is 0 Å². The van der Waals surface area contributed by atoms with Crippen LogP contribution in [0.5, 0.6) is 0 Å². The Kier molecular flexibility index (Phi) is 7.64. The third-order valence-electron chi connectivity index (χ3n) is 4.31. The number of hydrogen-bond donors (Lipinski definition) is 0. The van der Waals surface area contributed by atoms with Crippen molar-refractivity contribution >= 4 is 11.3 Å². The molecule has 0 amide bonds. The molecule has 1 aromatic rings. The maximum atomic E-state index is 6.24. The largest absolute Gasteiger partial charge is 0.373 e. The predicted octanol–water partition coefficient (Wildman–Crippen LogP) is 5.59. The van der Waals surface area contributed by atoms with Crippen LogP contribution < -0.4 is 0 Å². The third-order valence-corrected chi connectivity index (χ3v) is 5.46. The van der Waals surface area contributed by atoms with Crippen LogP contribution in [0, 0.1) is 0 Å². The summed E-state index contributed by atoms with van der Waals surface area (Å²) < 4.78 is 6.24. The predicted molar refractivity (Wildman–Crippen MR) is 98.6 cm³/mol. The molecule has 1 aromatic heterocycles. The minimum Gasteiger partial charge on any atom is -0.373 e. The zero-order valence-electron chi connectivity index (χ0n) is 15.2. The lowest BCUT2D eigenvalue weighted by Gasteiger charge is -2.48. The van der Waals surface area contributed by atoms with Crippen molar-refractivity contribution < 1.29 is 4.74 Å². The zero-order chi connectivity index (χ0) is 16.8. The van der Waals surface area contributed by atoms with Gasteiger partial charge in [-0.3, -0.25) is 0 Å². The Morgan fingerprint density at radius 1 is 1.36 bits per heavy atom. The highest BCUT2D eigenvalue weighted by atomic mass is 32.1. The molecule has 1 unspecified atom stereocenters. The van der Waals surface area contributed by atoms with Crippen molar-refractivity contribution in [2.24, 2.45) is 0 Å². The van der Waals surface area contributed by atoms with E-state index < -0.39 is 0 Å². The van der Waals surface area contributed by atoms with Crippen molar-refractivity contribution in [2.75, 3.05) is 13.2 Å². The molecule has 2 atom stereocenters. The first-order valence-corrected chi connectivity index (χ1v) is 9.63. The second kappa shape index (κ2) is 8.73. The summed E-state index contributed by atoms with van der Waals surface area (Å²) in [6.07, 6.45) is 3.27. The fourth-order valence-corrected chi connectivity index (χ4v) is 4.62. The van der Waals surface area contributed by atoms with Gasteiger partial charge >= 0.3 is 0 Å². The Labute approximate surface area is 141 Å². The minimum absolute atomic E-state index is 0.00683. The van der Waals surface area contributed by atoms with Crippen LogP contribution in [0.25, 0.3) is 0 Å². The fourth-order valence-electron chi connectivity index (χ4n) is 3.47. The van der Waals surface area contributed by atoms with E-state index in [1.807, 2.05) is 39.0 Å². The Hall–Kier alpha value is -0.800. The van der Waals surface area contributed by atoms with Gasteiger partial charge in [0.15, 0.2) is 0 Å². The van der Waals surface area contributed by atoms with E-state index in [0.717, 1.165) is 32.4 Å². The molecule has 0 saturated carbocycles. The van der Waals surface area contributed by atoms with E-state index >= 15 is 0 Å². The van der Waals surface area contributed by atoms with Gasteiger partial charge in [0.2, 0.25) is 0 Å². The summed E-state index contributed by atoms with van der Waals surface area (Å²) in [5, 5.41) is 2.22. The first-order chi connectivity index (χ1) is 10.6. The SMILES string of the molecule is C=C(C)N1CC[C@@]2(CC1C)OCCc1ccsc12.CC.CC. The molecule has 0 N–H and O–H groups in total. The van der Waals surface area contributed by atoms with E-state index in [1.165, 1.54) is 16.1 Å². The third kappa shape index (κ3) is 3.75. The van der Waals surface area contributed by atoms with Gasteiger partial charge < -0.3 is 9.64 Å². The topological polar surface area (TPSA) is 12.5 Å². The Morgan fingerprint density at radius 3 is 2.64 bits per heavy atom. The number of rotatable bonds is 1. The lowest BCUT2D eigenvalue weighted by molar-refractivity contribution is -0.103. The van der Waals surface area contributed by atoms with E-state index in [4.69, 9.17) is 4.74 Å². The summed E-state index contributed by atoms with van der Waals surface area (Å²) in [5.74, 6) is 0. The van der Waals surface area contributed by atoms with E-state index in [1.54, 1.807) is 0 Å². The van der Waals surface area contributed by atoms with E-state index in [-0.39, 0.29) is 5.60 Å². The Balaban J connectivity index is 0.000000561. The summed E-state index contributed by atoms with van der Waals surface area (Å²) in [6.45, 7) is 18.4. The molecule has 0 bridgehead atoms. The molecule has 1 saturated heterocycles. The average molecular weight is 324 g/mol. The second-order valence-corrected chi connectivity index (χ2v) is 6.52. The maximum absolute atomic E-state index is 6.24. The first-order valence-electron chi connectivity index (χ1n) is 8.75. The van der Waals surface area contributed by atoms with Crippen molar-refractivity contribution in [3.63, 3.8) is 0 Å². The molecule has 1 spiro atoms. The van der Waals surface area contributed by atoms with Gasteiger partial charge in [0.25, 0.3) is 0 Å². The molecule has 1 fully saturated rings. The molecule has 126 valence electrons. The fraction of sp³-hybridized carbons (Fsp3) is 0.684. The van der Waals surface area contributed by atoms with Crippen LogP contribution in [0.2, 0.25) is 0 Å². The number of fused-ring (bicyclic) bond motifs is 2. The molecule has 0 aliphatic carbocycles. The molecule has 2 nitrogen and oxygen atoms in total. The molecule has 3 heterocycles. The molecule has 2 aliphatic rings. The molecule has 0 radical (unpaired) electrons. The lowest BCUT2D eigenvalue weighted by atomic mass is 9.82. The average Bonchev–Trinajstić information content (AvgIpc) is 3.01. The Bertz CT molecular complexity index is 468. The monoisotopic (exact) mass is 323 g/mol. The van der Waals surface area contributed by atoms with Crippen LogP contribution >= 0.6 is 11.3 Å². The van der Waals surface area contributed by atoms with Gasteiger partial charge in [-0.15, -0.1) is 11.3 Å². The summed E-state index contributed by atoms with van der Waals surface area (Å²) in [7, 11) is 0. The van der Waals surface area contributed by atoms with Gasteiger partial charge in [-0.1, -0.05) is 34.3 Å². The van der Waals surface area contributed by atoms with Crippen molar-refractivity contribution in [1.82, 2.24) is 4.90 Å². The van der Waals surface area contributed by atoms with Gasteiger partial charge in [0, 0.05) is 29.6 Å². The summed E-state index contributed by atoms with van der Waals surface area (Å²) in [5.41, 5.74) is 2.69. The number of nitrogens with zero attached hydrogens (tertiary/aromatic N) is 1. The summed E-state index contributed by atoms with van der Waals surface area (Å²) >= 11 is 1.88. The second-order valence-electron chi connectivity index (χ2n) is 5.60. The highest BCUT2D eigenvalue weighted by molar-refractivity contribution is 7.10. The van der Waals surface area contributed by atoms with Crippen molar-refractivity contribution in [1.29, 1.82) is 0 Å². The zero-order valence-corrected chi connectivity index (χ0v) is 16.1. The molecule has 3 rings (SSSR count). The lowest BCUT2D eigenvalue weighted by Crippen LogP contribution is -2.49. The standard InChI is InChI=1S/C15H21NOS.2C2H6/c1-11(2)16-7-6-15(10-12(16)3)14-13(4-8-17-15)5-9-18-14;2*1-2/h5,9,12H,1,4,6-8,10H2,2-3H3;2*1-2H3/t12?,15-;;/m0../s1. The van der Waals surface area contributed by atoms with Gasteiger partial charge in [0.05, 0.1) is 6.61 Å². The van der Waals surface area contributed by atoms with Crippen LogP contribution in [0.1, 0.15) is 64.8 Å². The Morgan fingerprint density at radius 2 is 2.05 bits per heavy atom. The molecular weight excluding hydrogens is 290 g/mol. The molecular formula is C19H33NOS. The van der Waals surface area contributed by atoms with Crippen LogP contribution in [0.15, 0.2) is 23.7 Å². The van der Waals surface area contributed by atoms with E-state index in [9.17, 15) is 0 Å². The number of ether oxygens (including phenoxy) is 1. The van der Waals surface area contributed by atoms with Gasteiger partial charge in [0.1, 0.15) is 5.60 Å². The van der Waals surface area contributed by atoms with Crippen molar-refractivity contribution in [3.8, 4) is 0 Å². The molecule has 0 aromatic carbocycles. The van der Waals surface area contributed by atoms with Crippen molar-refractivity contribution in [3.05, 3.63) is 34.2 Å². The molecule has 22 heavy (non-hydrogen) atoms. The van der Waals surface area contributed by atoms with Crippen LogP contribution in [-0.4, -0.2) is 24.1 Å². The number of likely N-dealkylation sites (tertiary alicyclic amines) is 1. The van der Waals surface area contributed by atoms with Gasteiger partial charge in [-0.25, -0.2) is 0 Å². The van der Waals surface area contributed by atoms with E-state index in [0.29, 0.717) is 6.04 Å². The number of thiophene rings is 1. The maximum Gasteiger partial charge on any atom is 0.106 e. The summed E-state index contributed by atoms with van der Waals surface area (Å²) in [6, 6.07) is 2.80. The van der Waals surface area contributed by atoms with Gasteiger partial charge in [-0.05, 0) is 43.7 Å². The first kappa shape index (κ1) is 19.2. The number of hydrogen-bond acceptors (Lipinski definition) is 3. The molecule has 3 heteroatoms. The number of piperidine rings is 1. The minimum atomic E-state index is -0.00683. The van der Waals surface area contributed by atoms with Crippen molar-refractivity contribution in [2.45, 2.75) is 72.4 Å². The van der Waals surface area contributed by atoms with Crippen LogP contribution in [-0.2, 0) is 16.8 Å². The highest BCUT2D eigenvalue weighted by Gasteiger charge is 2.44.